The van der Waals surface area contributed by atoms with E-state index < -0.39 is 5.92 Å². The maximum Gasteiger partial charge on any atom is 0.248 e. The van der Waals surface area contributed by atoms with Gasteiger partial charge in [-0.25, -0.2) is 5.43 Å². The van der Waals surface area contributed by atoms with Crippen LogP contribution in [0.5, 0.6) is 0 Å². The molecule has 8 heteroatoms. The van der Waals surface area contributed by atoms with Crippen LogP contribution in [0.25, 0.3) is 0 Å². The molecule has 2 aliphatic heterocycles. The number of imide groups is 1. The highest BCUT2D eigenvalue weighted by atomic mass is 79.9. The van der Waals surface area contributed by atoms with E-state index in [9.17, 15) is 14.4 Å². The topological polar surface area (TPSA) is 81.8 Å². The molecule has 2 aromatic carbocycles. The summed E-state index contributed by atoms with van der Waals surface area (Å²) >= 11 is 3.46. The molecule has 2 aliphatic rings. The van der Waals surface area contributed by atoms with E-state index in [2.05, 4.69) is 26.8 Å². The highest BCUT2D eigenvalue weighted by Gasteiger charge is 2.40. The van der Waals surface area contributed by atoms with Gasteiger partial charge in [0.25, 0.3) is 0 Å². The highest BCUT2D eigenvalue weighted by Crippen LogP contribution is 2.28. The number of hydrogen-bond donors (Lipinski definition) is 2. The van der Waals surface area contributed by atoms with Crippen LogP contribution < -0.4 is 10.9 Å². The van der Waals surface area contributed by atoms with Gasteiger partial charge in [-0.15, -0.1) is 0 Å². The third-order valence-corrected chi connectivity index (χ3v) is 6.03. The fourth-order valence-corrected chi connectivity index (χ4v) is 4.38. The number of carbonyl (C=O) groups is 3. The monoisotopic (exact) mass is 470 g/mol. The Hall–Kier alpha value is -2.55. The predicted octanol–water partition coefficient (Wildman–Crippen LogP) is 1.65. The highest BCUT2D eigenvalue weighted by molar-refractivity contribution is 9.10. The number of halogens is 1. The molecular formula is C22H23BrN4O3. The maximum atomic E-state index is 13.2. The number of nitrogens with one attached hydrogen (secondary N) is 2. The molecule has 2 atom stereocenters. The van der Waals surface area contributed by atoms with Crippen molar-refractivity contribution in [3.05, 3.63) is 70.2 Å². The van der Waals surface area contributed by atoms with Crippen molar-refractivity contribution in [2.24, 2.45) is 5.92 Å². The van der Waals surface area contributed by atoms with Gasteiger partial charge >= 0.3 is 0 Å². The summed E-state index contributed by atoms with van der Waals surface area (Å²) in [6.07, 6.45) is 0.605. The average molecular weight is 471 g/mol. The normalized spacial score (nSPS) is 21.9. The molecule has 2 unspecified atom stereocenters. The summed E-state index contributed by atoms with van der Waals surface area (Å²) < 4.78 is 0.928. The lowest BCUT2D eigenvalue weighted by molar-refractivity contribution is -0.157. The van der Waals surface area contributed by atoms with Gasteiger partial charge in [-0.3, -0.25) is 24.7 Å². The molecule has 2 fully saturated rings. The second-order valence-electron chi connectivity index (χ2n) is 7.53. The van der Waals surface area contributed by atoms with Crippen LogP contribution in [0.15, 0.2) is 59.1 Å². The van der Waals surface area contributed by atoms with Gasteiger partial charge in [-0.1, -0.05) is 58.4 Å². The summed E-state index contributed by atoms with van der Waals surface area (Å²) in [6.45, 7) is 0.631. The van der Waals surface area contributed by atoms with Crippen molar-refractivity contribution < 1.29 is 14.4 Å². The second-order valence-corrected chi connectivity index (χ2v) is 8.45. The van der Waals surface area contributed by atoms with Crippen LogP contribution in [0.4, 0.5) is 0 Å². The summed E-state index contributed by atoms with van der Waals surface area (Å²) in [6, 6.07) is 17.3. The maximum absolute atomic E-state index is 13.2. The van der Waals surface area contributed by atoms with Gasteiger partial charge in [0, 0.05) is 17.6 Å². The zero-order valence-electron chi connectivity index (χ0n) is 16.4. The third-order valence-electron chi connectivity index (χ3n) is 5.54. The molecule has 0 radical (unpaired) electrons. The first kappa shape index (κ1) is 20.7. The van der Waals surface area contributed by atoms with Crippen molar-refractivity contribution in [1.82, 2.24) is 20.7 Å². The van der Waals surface area contributed by atoms with E-state index in [1.807, 2.05) is 54.6 Å². The number of piperazine rings is 1. The molecule has 2 N–H and O–H groups in total. The van der Waals surface area contributed by atoms with Crippen molar-refractivity contribution in [1.29, 1.82) is 0 Å². The molecule has 3 amide bonds. The average Bonchev–Trinajstić information content (AvgIpc) is 3.23. The molecule has 0 aliphatic carbocycles. The minimum Gasteiger partial charge on any atom is -0.324 e. The van der Waals surface area contributed by atoms with E-state index in [1.165, 1.54) is 9.80 Å². The van der Waals surface area contributed by atoms with Crippen molar-refractivity contribution in [3.63, 3.8) is 0 Å². The predicted molar refractivity (Wildman–Crippen MR) is 115 cm³/mol. The van der Waals surface area contributed by atoms with Crippen LogP contribution in [-0.2, 0) is 20.8 Å². The summed E-state index contributed by atoms with van der Waals surface area (Å²) in [7, 11) is 0. The molecule has 2 saturated heterocycles. The summed E-state index contributed by atoms with van der Waals surface area (Å²) in [5.74, 6) is -1.24. The van der Waals surface area contributed by atoms with Crippen molar-refractivity contribution in [2.75, 3.05) is 26.2 Å². The summed E-state index contributed by atoms with van der Waals surface area (Å²) in [5, 5.41) is 0. The van der Waals surface area contributed by atoms with E-state index in [-0.39, 0.29) is 36.9 Å². The molecule has 0 aromatic heterocycles. The minimum atomic E-state index is -0.393. The number of rotatable bonds is 5. The Morgan fingerprint density at radius 3 is 2.47 bits per heavy atom. The molecule has 2 aromatic rings. The van der Waals surface area contributed by atoms with Crippen molar-refractivity contribution in [2.45, 2.75) is 12.5 Å². The quantitative estimate of drug-likeness (QED) is 0.649. The lowest BCUT2D eigenvalue weighted by Crippen LogP contribution is -2.57. The number of amides is 3. The largest absolute Gasteiger partial charge is 0.324 e. The second kappa shape index (κ2) is 9.07. The van der Waals surface area contributed by atoms with E-state index in [0.717, 1.165) is 15.6 Å². The Balaban J connectivity index is 1.41. The standard InChI is InChI=1S/C22H23BrN4O3/c23-17-8-4-7-16(11-17)21-18(12-24-25-21)22(30)26-13-19(28)27(20(29)14-26)10-9-15-5-2-1-3-6-15/h1-8,11,18,21,24-25H,9-10,12-14H2. The minimum absolute atomic E-state index is 0.0684. The Morgan fingerprint density at radius 2 is 1.77 bits per heavy atom. The fourth-order valence-electron chi connectivity index (χ4n) is 3.96. The van der Waals surface area contributed by atoms with Gasteiger partial charge < -0.3 is 4.90 Å². The molecule has 0 spiro atoms. The van der Waals surface area contributed by atoms with E-state index >= 15 is 0 Å². The van der Waals surface area contributed by atoms with Crippen LogP contribution in [0.3, 0.4) is 0 Å². The van der Waals surface area contributed by atoms with Gasteiger partial charge in [0.05, 0.1) is 12.0 Å². The van der Waals surface area contributed by atoms with Crippen LogP contribution >= 0.6 is 15.9 Å². The van der Waals surface area contributed by atoms with E-state index in [1.54, 1.807) is 0 Å². The van der Waals surface area contributed by atoms with Gasteiger partial charge in [0.15, 0.2) is 0 Å². The molecule has 2 heterocycles. The summed E-state index contributed by atoms with van der Waals surface area (Å²) in [4.78, 5) is 41.1. The first-order valence-corrected chi connectivity index (χ1v) is 10.7. The molecule has 0 bridgehead atoms. The number of benzene rings is 2. The number of hydrogen-bond acceptors (Lipinski definition) is 5. The van der Waals surface area contributed by atoms with Crippen molar-refractivity contribution in [3.8, 4) is 0 Å². The van der Waals surface area contributed by atoms with Crippen LogP contribution in [0, 0.1) is 5.92 Å². The van der Waals surface area contributed by atoms with Gasteiger partial charge in [0.1, 0.15) is 13.1 Å². The van der Waals surface area contributed by atoms with E-state index in [0.29, 0.717) is 19.5 Å². The van der Waals surface area contributed by atoms with Gasteiger partial charge in [-0.2, -0.15) is 0 Å². The Bertz CT molecular complexity index is 934. The molecule has 156 valence electrons. The smallest absolute Gasteiger partial charge is 0.248 e. The molecule has 4 rings (SSSR count). The SMILES string of the molecule is O=C(C1CNNC1c1cccc(Br)c1)N1CC(=O)N(CCc2ccccc2)C(=O)C1. The third kappa shape index (κ3) is 4.45. The van der Waals surface area contributed by atoms with Crippen LogP contribution in [-0.4, -0.2) is 53.7 Å². The summed E-state index contributed by atoms with van der Waals surface area (Å²) in [5.41, 5.74) is 8.21. The first-order chi connectivity index (χ1) is 14.5. The number of nitrogens with zero attached hydrogens (tertiary/aromatic N) is 2. The Labute approximate surface area is 183 Å². The molecular weight excluding hydrogens is 448 g/mol. The van der Waals surface area contributed by atoms with Crippen LogP contribution in [0.2, 0.25) is 0 Å². The lowest BCUT2D eigenvalue weighted by atomic mass is 9.93. The van der Waals surface area contributed by atoms with Gasteiger partial charge in [0.2, 0.25) is 17.7 Å². The zero-order valence-corrected chi connectivity index (χ0v) is 18.0. The molecule has 7 nitrogen and oxygen atoms in total. The Kier molecular flexibility index (Phi) is 6.26. The zero-order chi connectivity index (χ0) is 21.1. The molecule has 30 heavy (non-hydrogen) atoms. The van der Waals surface area contributed by atoms with Crippen molar-refractivity contribution >= 4 is 33.7 Å². The number of carbonyl (C=O) groups excluding carboxylic acids is 3. The first-order valence-electron chi connectivity index (χ1n) is 9.92. The lowest BCUT2D eigenvalue weighted by Gasteiger charge is -2.34. The Morgan fingerprint density at radius 1 is 1.03 bits per heavy atom. The van der Waals surface area contributed by atoms with E-state index in [4.69, 9.17) is 0 Å². The molecule has 0 saturated carbocycles. The van der Waals surface area contributed by atoms with Gasteiger partial charge in [-0.05, 0) is 29.7 Å². The van der Waals surface area contributed by atoms with Crippen LogP contribution in [0.1, 0.15) is 17.2 Å². The number of hydrazine groups is 1. The fraction of sp³-hybridized carbons (Fsp3) is 0.318.